The number of benzene rings is 1. The Hall–Kier alpha value is -1.35. The molecule has 1 aliphatic carbocycles. The zero-order chi connectivity index (χ0) is 15.8. The van der Waals surface area contributed by atoms with Crippen LogP contribution in [-0.4, -0.2) is 17.3 Å². The summed E-state index contributed by atoms with van der Waals surface area (Å²) in [6, 6.07) is 6.86. The first-order valence-electron chi connectivity index (χ1n) is 9.18. The Labute approximate surface area is 138 Å². The van der Waals surface area contributed by atoms with Crippen LogP contribution in [0.25, 0.3) is 10.9 Å². The second kappa shape index (κ2) is 6.27. The molecule has 0 amide bonds. The van der Waals surface area contributed by atoms with Gasteiger partial charge in [-0.1, -0.05) is 11.6 Å². The number of aryl methyl sites for hydroxylation is 1. The third kappa shape index (κ3) is 2.91. The van der Waals surface area contributed by atoms with Crippen molar-refractivity contribution in [1.29, 1.82) is 0 Å². The zero-order valence-corrected chi connectivity index (χ0v) is 14.1. The summed E-state index contributed by atoms with van der Waals surface area (Å²) in [6.07, 6.45) is 5.41. The Morgan fingerprint density at radius 2 is 2.04 bits per heavy atom. The largest absolute Gasteiger partial charge is 0.344 e. The van der Waals surface area contributed by atoms with Crippen molar-refractivity contribution in [3.63, 3.8) is 0 Å². The minimum atomic E-state index is -0.559. The van der Waals surface area contributed by atoms with Gasteiger partial charge in [-0.25, -0.2) is 4.39 Å². The molecule has 0 spiro atoms. The molecule has 0 bridgehead atoms. The van der Waals surface area contributed by atoms with Gasteiger partial charge in [-0.3, -0.25) is 0 Å². The Balaban J connectivity index is 1.74. The van der Waals surface area contributed by atoms with Gasteiger partial charge in [-0.2, -0.15) is 0 Å². The second-order valence-electron chi connectivity index (χ2n) is 7.45. The van der Waals surface area contributed by atoms with Crippen LogP contribution in [0.5, 0.6) is 0 Å². The fourth-order valence-corrected chi connectivity index (χ4v) is 4.44. The van der Waals surface area contributed by atoms with Gasteiger partial charge in [0.25, 0.3) is 0 Å². The molecule has 0 saturated heterocycles. The number of fused-ring (bicyclic) bond motifs is 3. The molecule has 1 aromatic carbocycles. The van der Waals surface area contributed by atoms with Gasteiger partial charge < -0.3 is 9.88 Å². The van der Waals surface area contributed by atoms with Gasteiger partial charge in [0, 0.05) is 29.7 Å². The standard InChI is InChI=1S/C20H27FN2/c1-14-4-9-20-17(11-14)18-12-22-10-2-3-19(18)23(20)13-15-5-7-16(21)8-6-15/h4,9,11,15-16,22H,2-3,5-8,10,12-13H2,1H3. The summed E-state index contributed by atoms with van der Waals surface area (Å²) < 4.78 is 16.0. The van der Waals surface area contributed by atoms with Crippen molar-refractivity contribution >= 4 is 10.9 Å². The summed E-state index contributed by atoms with van der Waals surface area (Å²) in [4.78, 5) is 0. The number of aromatic nitrogens is 1. The molecule has 2 nitrogen and oxygen atoms in total. The molecular weight excluding hydrogens is 287 g/mol. The van der Waals surface area contributed by atoms with Gasteiger partial charge in [0.15, 0.2) is 0 Å². The maximum Gasteiger partial charge on any atom is 0.100 e. The molecule has 1 fully saturated rings. The summed E-state index contributed by atoms with van der Waals surface area (Å²) >= 11 is 0. The van der Waals surface area contributed by atoms with Crippen LogP contribution < -0.4 is 5.32 Å². The molecule has 2 aliphatic rings. The SMILES string of the molecule is Cc1ccc2c(c1)c1c(n2CC2CCC(F)CC2)CCCNC1. The molecule has 2 heterocycles. The lowest BCUT2D eigenvalue weighted by Gasteiger charge is -2.26. The highest BCUT2D eigenvalue weighted by molar-refractivity contribution is 5.86. The van der Waals surface area contributed by atoms with Gasteiger partial charge in [0.05, 0.1) is 0 Å². The number of hydrogen-bond donors (Lipinski definition) is 1. The molecule has 23 heavy (non-hydrogen) atoms. The van der Waals surface area contributed by atoms with E-state index in [0.717, 1.165) is 51.7 Å². The van der Waals surface area contributed by atoms with Crippen LogP contribution in [0.1, 0.15) is 48.9 Å². The second-order valence-corrected chi connectivity index (χ2v) is 7.45. The van der Waals surface area contributed by atoms with Crippen LogP contribution in [0, 0.1) is 12.8 Å². The molecule has 1 N–H and O–H groups in total. The number of nitrogens with one attached hydrogen (secondary N) is 1. The minimum Gasteiger partial charge on any atom is -0.344 e. The first-order chi connectivity index (χ1) is 11.2. The topological polar surface area (TPSA) is 17.0 Å². The van der Waals surface area contributed by atoms with E-state index in [1.165, 1.54) is 34.1 Å². The highest BCUT2D eigenvalue weighted by Gasteiger charge is 2.24. The lowest BCUT2D eigenvalue weighted by atomic mass is 9.88. The highest BCUT2D eigenvalue weighted by Crippen LogP contribution is 2.33. The predicted molar refractivity (Wildman–Crippen MR) is 93.6 cm³/mol. The van der Waals surface area contributed by atoms with Crippen LogP contribution in [0.2, 0.25) is 0 Å². The monoisotopic (exact) mass is 314 g/mol. The lowest BCUT2D eigenvalue weighted by molar-refractivity contribution is 0.196. The van der Waals surface area contributed by atoms with Crippen molar-refractivity contribution in [1.82, 2.24) is 9.88 Å². The summed E-state index contributed by atoms with van der Waals surface area (Å²) in [5.74, 6) is 0.638. The normalized spacial score (nSPS) is 25.3. The molecule has 1 aromatic heterocycles. The predicted octanol–water partition coefficient (Wildman–Crippen LogP) is 4.51. The highest BCUT2D eigenvalue weighted by atomic mass is 19.1. The van der Waals surface area contributed by atoms with E-state index in [1.54, 1.807) is 0 Å². The van der Waals surface area contributed by atoms with E-state index in [0.29, 0.717) is 5.92 Å². The smallest absolute Gasteiger partial charge is 0.100 e. The molecule has 2 aromatic rings. The Kier molecular flexibility index (Phi) is 4.14. The summed E-state index contributed by atoms with van der Waals surface area (Å²) in [5, 5.41) is 5.00. The van der Waals surface area contributed by atoms with Crippen molar-refractivity contribution in [2.75, 3.05) is 6.54 Å². The zero-order valence-electron chi connectivity index (χ0n) is 14.1. The third-order valence-corrected chi connectivity index (χ3v) is 5.73. The molecule has 0 atom stereocenters. The number of hydrogen-bond acceptors (Lipinski definition) is 1. The van der Waals surface area contributed by atoms with Gasteiger partial charge >= 0.3 is 0 Å². The summed E-state index contributed by atoms with van der Waals surface area (Å²) in [7, 11) is 0. The number of nitrogens with zero attached hydrogens (tertiary/aromatic N) is 1. The van der Waals surface area contributed by atoms with Gasteiger partial charge in [0.2, 0.25) is 0 Å². The van der Waals surface area contributed by atoms with E-state index in [4.69, 9.17) is 0 Å². The van der Waals surface area contributed by atoms with E-state index in [9.17, 15) is 4.39 Å². The van der Waals surface area contributed by atoms with Crippen molar-refractivity contribution in [2.45, 2.75) is 64.7 Å². The van der Waals surface area contributed by atoms with Crippen LogP contribution >= 0.6 is 0 Å². The Bertz CT molecular complexity index is 695. The van der Waals surface area contributed by atoms with E-state index in [2.05, 4.69) is 35.0 Å². The van der Waals surface area contributed by atoms with Gasteiger partial charge in [0.1, 0.15) is 6.17 Å². The van der Waals surface area contributed by atoms with Crippen LogP contribution in [0.15, 0.2) is 18.2 Å². The first kappa shape index (κ1) is 15.2. The average Bonchev–Trinajstić information content (AvgIpc) is 2.71. The molecule has 4 rings (SSSR count). The van der Waals surface area contributed by atoms with Gasteiger partial charge in [-0.15, -0.1) is 0 Å². The summed E-state index contributed by atoms with van der Waals surface area (Å²) in [6.45, 7) is 5.34. The summed E-state index contributed by atoms with van der Waals surface area (Å²) in [5.41, 5.74) is 5.74. The van der Waals surface area contributed by atoms with Crippen LogP contribution in [0.3, 0.4) is 0 Å². The Morgan fingerprint density at radius 3 is 2.87 bits per heavy atom. The average molecular weight is 314 g/mol. The maximum absolute atomic E-state index is 13.4. The van der Waals surface area contributed by atoms with Crippen LogP contribution in [0.4, 0.5) is 4.39 Å². The molecule has 0 unspecified atom stereocenters. The quantitative estimate of drug-likeness (QED) is 0.863. The van der Waals surface area contributed by atoms with Crippen molar-refractivity contribution in [3.05, 3.63) is 35.0 Å². The number of halogens is 1. The molecular formula is C20H27FN2. The van der Waals surface area contributed by atoms with E-state index < -0.39 is 6.17 Å². The van der Waals surface area contributed by atoms with Crippen molar-refractivity contribution in [3.8, 4) is 0 Å². The molecule has 3 heteroatoms. The number of alkyl halides is 1. The third-order valence-electron chi connectivity index (χ3n) is 5.73. The minimum absolute atomic E-state index is 0.559. The molecule has 0 radical (unpaired) electrons. The Morgan fingerprint density at radius 1 is 1.22 bits per heavy atom. The molecule has 124 valence electrons. The fourth-order valence-electron chi connectivity index (χ4n) is 4.44. The maximum atomic E-state index is 13.4. The number of rotatable bonds is 2. The first-order valence-corrected chi connectivity index (χ1v) is 9.18. The van der Waals surface area contributed by atoms with E-state index in [1.807, 2.05) is 0 Å². The van der Waals surface area contributed by atoms with Crippen molar-refractivity contribution < 1.29 is 4.39 Å². The molecule has 1 aliphatic heterocycles. The van der Waals surface area contributed by atoms with Gasteiger partial charge in [-0.05, 0) is 75.6 Å². The van der Waals surface area contributed by atoms with Crippen molar-refractivity contribution in [2.24, 2.45) is 5.92 Å². The lowest BCUT2D eigenvalue weighted by Crippen LogP contribution is -2.20. The van der Waals surface area contributed by atoms with E-state index in [-0.39, 0.29) is 0 Å². The van der Waals surface area contributed by atoms with Crippen LogP contribution in [-0.2, 0) is 19.5 Å². The molecule has 1 saturated carbocycles. The fraction of sp³-hybridized carbons (Fsp3) is 0.600. The van der Waals surface area contributed by atoms with E-state index >= 15 is 0 Å².